The van der Waals surface area contributed by atoms with Crippen molar-refractivity contribution in [2.24, 2.45) is 0 Å². The Morgan fingerprint density at radius 1 is 1.04 bits per heavy atom. The van der Waals surface area contributed by atoms with E-state index in [-0.39, 0.29) is 12.1 Å². The van der Waals surface area contributed by atoms with Crippen molar-refractivity contribution in [3.63, 3.8) is 0 Å². The SMILES string of the molecule is COC(=O)C(Cc1ccccc1)NC(=O)Nc1ccc(OC(F)(F)F)cc1. The summed E-state index contributed by atoms with van der Waals surface area (Å²) < 4.78 is 44.9. The Labute approximate surface area is 153 Å². The number of halogens is 3. The average molecular weight is 382 g/mol. The highest BCUT2D eigenvalue weighted by molar-refractivity contribution is 5.92. The average Bonchev–Trinajstić information content (AvgIpc) is 2.62. The summed E-state index contributed by atoms with van der Waals surface area (Å²) in [5.41, 5.74) is 1.05. The Bertz CT molecular complexity index is 764. The molecule has 0 aliphatic rings. The van der Waals surface area contributed by atoms with E-state index in [1.165, 1.54) is 19.2 Å². The second-order valence-electron chi connectivity index (χ2n) is 5.44. The van der Waals surface area contributed by atoms with Crippen LogP contribution < -0.4 is 15.4 Å². The molecule has 0 fully saturated rings. The van der Waals surface area contributed by atoms with Gasteiger partial charge in [0.25, 0.3) is 0 Å². The number of amides is 2. The Hall–Kier alpha value is -3.23. The number of benzene rings is 2. The number of carbonyl (C=O) groups is 2. The van der Waals surface area contributed by atoms with Crippen LogP contribution in [-0.2, 0) is 16.0 Å². The summed E-state index contributed by atoms with van der Waals surface area (Å²) in [5.74, 6) is -1.03. The van der Waals surface area contributed by atoms with Gasteiger partial charge in [0.2, 0.25) is 0 Å². The topological polar surface area (TPSA) is 76.7 Å². The van der Waals surface area contributed by atoms with E-state index >= 15 is 0 Å². The van der Waals surface area contributed by atoms with Gasteiger partial charge in [0, 0.05) is 12.1 Å². The summed E-state index contributed by atoms with van der Waals surface area (Å²) >= 11 is 0. The Morgan fingerprint density at radius 2 is 1.67 bits per heavy atom. The highest BCUT2D eigenvalue weighted by Gasteiger charge is 2.31. The summed E-state index contributed by atoms with van der Waals surface area (Å²) in [6.45, 7) is 0. The Balaban J connectivity index is 1.97. The Kier molecular flexibility index (Phi) is 6.64. The van der Waals surface area contributed by atoms with Gasteiger partial charge in [0.1, 0.15) is 11.8 Å². The second-order valence-corrected chi connectivity index (χ2v) is 5.44. The maximum absolute atomic E-state index is 12.1. The molecule has 0 saturated heterocycles. The fourth-order valence-electron chi connectivity index (χ4n) is 2.25. The van der Waals surface area contributed by atoms with Crippen LogP contribution >= 0.6 is 0 Å². The molecule has 2 aromatic carbocycles. The van der Waals surface area contributed by atoms with Gasteiger partial charge in [0.15, 0.2) is 0 Å². The number of carbonyl (C=O) groups excluding carboxylic acids is 2. The van der Waals surface area contributed by atoms with E-state index in [0.29, 0.717) is 0 Å². The van der Waals surface area contributed by atoms with E-state index in [2.05, 4.69) is 15.4 Å². The minimum atomic E-state index is -4.79. The standard InChI is InChI=1S/C18H17F3N2O4/c1-26-16(24)15(11-12-5-3-2-4-6-12)23-17(25)22-13-7-9-14(10-8-13)27-18(19,20)21/h2-10,15H,11H2,1H3,(H2,22,23,25). The predicted octanol–water partition coefficient (Wildman–Crippen LogP) is 3.49. The summed E-state index contributed by atoms with van der Waals surface area (Å²) in [7, 11) is 1.21. The van der Waals surface area contributed by atoms with Crippen molar-refractivity contribution in [1.82, 2.24) is 5.32 Å². The highest BCUT2D eigenvalue weighted by Crippen LogP contribution is 2.23. The minimum Gasteiger partial charge on any atom is -0.467 e. The molecule has 0 saturated carbocycles. The van der Waals surface area contributed by atoms with Crippen LogP contribution in [0.15, 0.2) is 54.6 Å². The summed E-state index contributed by atoms with van der Waals surface area (Å²) in [4.78, 5) is 24.0. The maximum Gasteiger partial charge on any atom is 0.573 e. The van der Waals surface area contributed by atoms with Gasteiger partial charge < -0.3 is 20.1 Å². The van der Waals surface area contributed by atoms with Crippen LogP contribution in [0.3, 0.4) is 0 Å². The number of nitrogens with one attached hydrogen (secondary N) is 2. The molecule has 0 aromatic heterocycles. The van der Waals surface area contributed by atoms with Crippen LogP contribution in [0.2, 0.25) is 0 Å². The molecular weight excluding hydrogens is 365 g/mol. The number of rotatable bonds is 6. The van der Waals surface area contributed by atoms with Crippen molar-refractivity contribution in [3.8, 4) is 5.75 Å². The molecule has 2 amide bonds. The normalized spacial score (nSPS) is 12.0. The molecule has 1 atom stereocenters. The van der Waals surface area contributed by atoms with Crippen LogP contribution in [-0.4, -0.2) is 31.5 Å². The van der Waals surface area contributed by atoms with Gasteiger partial charge in [-0.2, -0.15) is 0 Å². The largest absolute Gasteiger partial charge is 0.573 e. The smallest absolute Gasteiger partial charge is 0.467 e. The third kappa shape index (κ3) is 6.89. The van der Waals surface area contributed by atoms with E-state index < -0.39 is 30.2 Å². The van der Waals surface area contributed by atoms with E-state index in [4.69, 9.17) is 4.74 Å². The maximum atomic E-state index is 12.1. The molecule has 2 aromatic rings. The van der Waals surface area contributed by atoms with Crippen molar-refractivity contribution in [3.05, 3.63) is 60.2 Å². The van der Waals surface area contributed by atoms with Crippen LogP contribution in [0, 0.1) is 0 Å². The molecule has 0 aliphatic carbocycles. The quantitative estimate of drug-likeness (QED) is 0.750. The summed E-state index contributed by atoms with van der Waals surface area (Å²) in [5, 5.41) is 4.91. The zero-order chi connectivity index (χ0) is 19.9. The first kappa shape index (κ1) is 20.1. The molecule has 1 unspecified atom stereocenters. The van der Waals surface area contributed by atoms with Crippen LogP contribution in [0.4, 0.5) is 23.7 Å². The van der Waals surface area contributed by atoms with Crippen molar-refractivity contribution in [1.29, 1.82) is 0 Å². The molecule has 27 heavy (non-hydrogen) atoms. The van der Waals surface area contributed by atoms with Gasteiger partial charge in [-0.15, -0.1) is 13.2 Å². The lowest BCUT2D eigenvalue weighted by Crippen LogP contribution is -2.45. The number of hydrogen-bond donors (Lipinski definition) is 2. The van der Waals surface area contributed by atoms with Gasteiger partial charge in [-0.25, -0.2) is 9.59 Å². The van der Waals surface area contributed by atoms with Gasteiger partial charge in [-0.1, -0.05) is 30.3 Å². The zero-order valence-corrected chi connectivity index (χ0v) is 14.2. The van der Waals surface area contributed by atoms with Gasteiger partial charge >= 0.3 is 18.4 Å². The molecule has 0 bridgehead atoms. The van der Waals surface area contributed by atoms with Crippen molar-refractivity contribution in [2.45, 2.75) is 18.8 Å². The summed E-state index contributed by atoms with van der Waals surface area (Å²) in [6, 6.07) is 12.0. The van der Waals surface area contributed by atoms with Crippen molar-refractivity contribution < 1.29 is 32.2 Å². The van der Waals surface area contributed by atoms with E-state index in [1.54, 1.807) is 24.3 Å². The second kappa shape index (κ2) is 8.93. The first-order valence-electron chi connectivity index (χ1n) is 7.82. The van der Waals surface area contributed by atoms with Gasteiger partial charge in [-0.05, 0) is 29.8 Å². The molecule has 2 rings (SSSR count). The highest BCUT2D eigenvalue weighted by atomic mass is 19.4. The van der Waals surface area contributed by atoms with Crippen LogP contribution in [0.25, 0.3) is 0 Å². The molecule has 6 nitrogen and oxygen atoms in total. The number of hydrogen-bond acceptors (Lipinski definition) is 4. The number of anilines is 1. The molecule has 2 N–H and O–H groups in total. The zero-order valence-electron chi connectivity index (χ0n) is 14.2. The minimum absolute atomic E-state index is 0.222. The van der Waals surface area contributed by atoms with Crippen LogP contribution in [0.1, 0.15) is 5.56 Å². The molecule has 0 heterocycles. The first-order valence-corrected chi connectivity index (χ1v) is 7.82. The lowest BCUT2D eigenvalue weighted by Gasteiger charge is -2.17. The summed E-state index contributed by atoms with van der Waals surface area (Å²) in [6.07, 6.45) is -4.57. The number of urea groups is 1. The van der Waals surface area contributed by atoms with Gasteiger partial charge in [0.05, 0.1) is 7.11 Å². The van der Waals surface area contributed by atoms with E-state index in [1.807, 2.05) is 6.07 Å². The molecule has 9 heteroatoms. The number of alkyl halides is 3. The fourth-order valence-corrected chi connectivity index (χ4v) is 2.25. The predicted molar refractivity (Wildman–Crippen MR) is 91.2 cm³/mol. The van der Waals surface area contributed by atoms with Crippen LogP contribution in [0.5, 0.6) is 5.75 Å². The van der Waals surface area contributed by atoms with Gasteiger partial charge in [-0.3, -0.25) is 0 Å². The number of esters is 1. The number of methoxy groups -OCH3 is 1. The lowest BCUT2D eigenvalue weighted by atomic mass is 10.1. The molecule has 144 valence electrons. The third-order valence-electron chi connectivity index (χ3n) is 3.42. The fraction of sp³-hybridized carbons (Fsp3) is 0.222. The monoisotopic (exact) mass is 382 g/mol. The molecule has 0 spiro atoms. The number of ether oxygens (including phenoxy) is 2. The van der Waals surface area contributed by atoms with E-state index in [9.17, 15) is 22.8 Å². The van der Waals surface area contributed by atoms with E-state index in [0.717, 1.165) is 17.7 Å². The Morgan fingerprint density at radius 3 is 2.22 bits per heavy atom. The molecular formula is C18H17F3N2O4. The van der Waals surface area contributed by atoms with Crippen molar-refractivity contribution >= 4 is 17.7 Å². The molecule has 0 aliphatic heterocycles. The first-order chi connectivity index (χ1) is 12.8. The lowest BCUT2D eigenvalue weighted by molar-refractivity contribution is -0.274. The third-order valence-corrected chi connectivity index (χ3v) is 3.42. The van der Waals surface area contributed by atoms with Crippen molar-refractivity contribution in [2.75, 3.05) is 12.4 Å². The molecule has 0 radical (unpaired) electrons.